The second kappa shape index (κ2) is 7.10. The summed E-state index contributed by atoms with van der Waals surface area (Å²) in [6.07, 6.45) is 1.43. The van der Waals surface area contributed by atoms with Crippen molar-refractivity contribution < 1.29 is 8.42 Å². The van der Waals surface area contributed by atoms with Crippen molar-refractivity contribution in [1.82, 2.24) is 8.87 Å². The van der Waals surface area contributed by atoms with Gasteiger partial charge in [0.05, 0.1) is 11.4 Å². The van der Waals surface area contributed by atoms with E-state index >= 15 is 0 Å². The zero-order valence-electron chi connectivity index (χ0n) is 13.7. The minimum atomic E-state index is -3.57. The molecule has 124 valence electrons. The van der Waals surface area contributed by atoms with E-state index in [1.54, 1.807) is 13.8 Å². The molecule has 0 aliphatic carbocycles. The lowest BCUT2D eigenvalue weighted by atomic mass is 10.1. The van der Waals surface area contributed by atoms with Crippen LogP contribution < -0.4 is 5.56 Å². The van der Waals surface area contributed by atoms with Gasteiger partial charge in [-0.15, -0.1) is 0 Å². The Bertz CT molecular complexity index is 837. The number of aryl methyl sites for hydroxylation is 1. The maximum atomic E-state index is 12.6. The van der Waals surface area contributed by atoms with Gasteiger partial charge in [0.15, 0.2) is 0 Å². The Hall–Kier alpha value is -1.92. The van der Waals surface area contributed by atoms with Crippen molar-refractivity contribution in [3.63, 3.8) is 0 Å². The Morgan fingerprint density at radius 2 is 1.70 bits per heavy atom. The molecule has 0 unspecified atom stereocenters. The normalized spacial score (nSPS) is 11.8. The largest absolute Gasteiger partial charge is 0.310 e. The number of hydrogen-bond acceptors (Lipinski definition) is 3. The maximum Gasteiger partial charge on any atom is 0.250 e. The summed E-state index contributed by atoms with van der Waals surface area (Å²) in [5, 5.41) is 0. The van der Waals surface area contributed by atoms with Crippen LogP contribution in [0.15, 0.2) is 52.3 Å². The Labute approximate surface area is 137 Å². The number of aromatic nitrogens is 1. The number of nitrogens with zero attached hydrogens (tertiary/aromatic N) is 2. The lowest BCUT2D eigenvalue weighted by molar-refractivity contribution is 0.444. The van der Waals surface area contributed by atoms with Crippen LogP contribution in [-0.4, -0.2) is 30.4 Å². The minimum absolute atomic E-state index is 0.148. The van der Waals surface area contributed by atoms with E-state index in [0.29, 0.717) is 19.6 Å². The highest BCUT2D eigenvalue weighted by molar-refractivity contribution is 7.89. The van der Waals surface area contributed by atoms with Gasteiger partial charge in [-0.25, -0.2) is 8.42 Å². The van der Waals surface area contributed by atoms with Crippen LogP contribution in [-0.2, 0) is 16.6 Å². The van der Waals surface area contributed by atoms with Crippen LogP contribution in [0, 0.1) is 6.92 Å². The van der Waals surface area contributed by atoms with Gasteiger partial charge in [0.25, 0.3) is 5.56 Å². The molecule has 0 amide bonds. The molecule has 0 saturated heterocycles. The first kappa shape index (κ1) is 17.4. The molecule has 0 bridgehead atoms. The van der Waals surface area contributed by atoms with Crippen LogP contribution in [0.4, 0.5) is 0 Å². The molecule has 5 nitrogen and oxygen atoms in total. The minimum Gasteiger partial charge on any atom is -0.310 e. The van der Waals surface area contributed by atoms with Gasteiger partial charge in [0.2, 0.25) is 10.0 Å². The molecule has 23 heavy (non-hydrogen) atoms. The summed E-state index contributed by atoms with van der Waals surface area (Å²) in [7, 11) is -3.57. The first-order chi connectivity index (χ1) is 10.9. The van der Waals surface area contributed by atoms with Crippen LogP contribution in [0.2, 0.25) is 0 Å². The van der Waals surface area contributed by atoms with Crippen LogP contribution >= 0.6 is 0 Å². The molecule has 2 aromatic rings. The summed E-state index contributed by atoms with van der Waals surface area (Å²) in [5.41, 5.74) is 1.84. The van der Waals surface area contributed by atoms with Gasteiger partial charge >= 0.3 is 0 Å². The van der Waals surface area contributed by atoms with Crippen LogP contribution in [0.25, 0.3) is 0 Å². The van der Waals surface area contributed by atoms with Crippen molar-refractivity contribution in [2.24, 2.45) is 0 Å². The van der Waals surface area contributed by atoms with Crippen LogP contribution in [0.5, 0.6) is 0 Å². The zero-order chi connectivity index (χ0) is 17.0. The standard InChI is InChI=1S/C17H22N2O3S/c1-4-19(5-2)23(21,22)16-10-11-17(20)18(13-16)12-15-9-7-6-8-14(15)3/h6-11,13H,4-5,12H2,1-3H3. The van der Waals surface area contributed by atoms with E-state index in [0.717, 1.165) is 11.1 Å². The van der Waals surface area contributed by atoms with E-state index in [9.17, 15) is 13.2 Å². The van der Waals surface area contributed by atoms with Gasteiger partial charge in [-0.1, -0.05) is 38.1 Å². The molecule has 1 aromatic heterocycles. The molecule has 1 heterocycles. The second-order valence-corrected chi connectivity index (χ2v) is 7.28. The van der Waals surface area contributed by atoms with Crippen molar-refractivity contribution in [2.45, 2.75) is 32.2 Å². The Kier molecular flexibility index (Phi) is 5.38. The van der Waals surface area contributed by atoms with Crippen molar-refractivity contribution in [3.8, 4) is 0 Å². The Morgan fingerprint density at radius 3 is 2.30 bits per heavy atom. The van der Waals surface area contributed by atoms with Crippen LogP contribution in [0.1, 0.15) is 25.0 Å². The predicted octanol–water partition coefficient (Wildman–Crippen LogP) is 2.24. The van der Waals surface area contributed by atoms with E-state index in [4.69, 9.17) is 0 Å². The smallest absolute Gasteiger partial charge is 0.250 e. The molecular weight excluding hydrogens is 312 g/mol. The summed E-state index contributed by atoms with van der Waals surface area (Å²) < 4.78 is 28.0. The molecule has 0 radical (unpaired) electrons. The van der Waals surface area contributed by atoms with Crippen molar-refractivity contribution in [3.05, 3.63) is 64.1 Å². The maximum absolute atomic E-state index is 12.6. The molecular formula is C17H22N2O3S. The first-order valence-electron chi connectivity index (χ1n) is 7.65. The number of benzene rings is 1. The Morgan fingerprint density at radius 1 is 1.04 bits per heavy atom. The fourth-order valence-electron chi connectivity index (χ4n) is 2.47. The van der Waals surface area contributed by atoms with Crippen molar-refractivity contribution >= 4 is 10.0 Å². The molecule has 0 aliphatic heterocycles. The van der Waals surface area contributed by atoms with Crippen molar-refractivity contribution in [1.29, 1.82) is 0 Å². The number of rotatable bonds is 6. The molecule has 0 fully saturated rings. The topological polar surface area (TPSA) is 59.4 Å². The SMILES string of the molecule is CCN(CC)S(=O)(=O)c1ccc(=O)n(Cc2ccccc2C)c1. The van der Waals surface area contributed by atoms with Gasteiger partial charge in [-0.2, -0.15) is 4.31 Å². The highest BCUT2D eigenvalue weighted by atomic mass is 32.2. The highest BCUT2D eigenvalue weighted by Crippen LogP contribution is 2.15. The summed E-state index contributed by atoms with van der Waals surface area (Å²) in [6, 6.07) is 10.4. The number of pyridine rings is 1. The highest BCUT2D eigenvalue weighted by Gasteiger charge is 2.22. The third kappa shape index (κ3) is 3.71. The lowest BCUT2D eigenvalue weighted by Crippen LogP contribution is -2.32. The molecule has 0 N–H and O–H groups in total. The molecule has 1 aromatic carbocycles. The number of sulfonamides is 1. The van der Waals surface area contributed by atoms with E-state index in [2.05, 4.69) is 0 Å². The summed E-state index contributed by atoms with van der Waals surface area (Å²) in [6.45, 7) is 6.71. The lowest BCUT2D eigenvalue weighted by Gasteiger charge is -2.19. The van der Waals surface area contributed by atoms with Crippen LogP contribution in [0.3, 0.4) is 0 Å². The van der Waals surface area contributed by atoms with E-state index in [1.165, 1.54) is 27.2 Å². The van der Waals surface area contributed by atoms with Gasteiger partial charge < -0.3 is 4.57 Å². The summed E-state index contributed by atoms with van der Waals surface area (Å²) in [5.74, 6) is 0. The molecule has 2 rings (SSSR count). The average Bonchev–Trinajstić information content (AvgIpc) is 2.52. The number of hydrogen-bond donors (Lipinski definition) is 0. The quantitative estimate of drug-likeness (QED) is 0.814. The average molecular weight is 334 g/mol. The third-order valence-corrected chi connectivity index (χ3v) is 5.93. The second-order valence-electron chi connectivity index (χ2n) is 5.35. The van der Waals surface area contributed by atoms with E-state index in [1.807, 2.05) is 31.2 Å². The summed E-state index contributed by atoms with van der Waals surface area (Å²) in [4.78, 5) is 12.2. The van der Waals surface area contributed by atoms with Crippen molar-refractivity contribution in [2.75, 3.05) is 13.1 Å². The predicted molar refractivity (Wildman–Crippen MR) is 91.1 cm³/mol. The van der Waals surface area contributed by atoms with Gasteiger partial charge in [0.1, 0.15) is 0 Å². The molecule has 0 aliphatic rings. The monoisotopic (exact) mass is 334 g/mol. The molecule has 0 atom stereocenters. The molecule has 0 saturated carbocycles. The fourth-order valence-corrected chi connectivity index (χ4v) is 3.95. The molecule has 6 heteroatoms. The van der Waals surface area contributed by atoms with Gasteiger partial charge in [-0.05, 0) is 24.1 Å². The molecule has 0 spiro atoms. The first-order valence-corrected chi connectivity index (χ1v) is 9.09. The third-order valence-electron chi connectivity index (χ3n) is 3.90. The summed E-state index contributed by atoms with van der Waals surface area (Å²) >= 11 is 0. The van der Waals surface area contributed by atoms with E-state index < -0.39 is 10.0 Å². The Balaban J connectivity index is 2.44. The van der Waals surface area contributed by atoms with E-state index in [-0.39, 0.29) is 10.5 Å². The zero-order valence-corrected chi connectivity index (χ0v) is 14.5. The fraction of sp³-hybridized carbons (Fsp3) is 0.353. The van der Waals surface area contributed by atoms with Gasteiger partial charge in [0, 0.05) is 25.4 Å². The van der Waals surface area contributed by atoms with Gasteiger partial charge in [-0.3, -0.25) is 4.79 Å².